The van der Waals surface area contributed by atoms with E-state index in [4.69, 9.17) is 8.92 Å². The van der Waals surface area contributed by atoms with Gasteiger partial charge in [0.2, 0.25) is 0 Å². The Kier molecular flexibility index (Phi) is 6.59. The van der Waals surface area contributed by atoms with Crippen LogP contribution < -0.4 is 14.2 Å². The molecule has 2 aromatic rings. The lowest BCUT2D eigenvalue weighted by Crippen LogP contribution is -2.42. The zero-order valence-corrected chi connectivity index (χ0v) is 19.6. The standard InChI is InChI=1S/C21H22N4O8S/c1-5-21(3)19(26)24(20(27)23-21)22-12-14-7-9-17(18(10-14)32-4)33-34(30,31)15-8-6-13(2)16(11-15)25(28)29/h6-12H,5H2,1-4H3,(H,23,27). The summed E-state index contributed by atoms with van der Waals surface area (Å²) in [5.41, 5.74) is -0.709. The highest BCUT2D eigenvalue weighted by atomic mass is 32.2. The van der Waals surface area contributed by atoms with E-state index in [1.807, 2.05) is 0 Å². The van der Waals surface area contributed by atoms with Crippen molar-refractivity contribution in [1.29, 1.82) is 0 Å². The average molecular weight is 490 g/mol. The first-order valence-electron chi connectivity index (χ1n) is 10.00. The SMILES string of the molecule is CCC1(C)NC(=O)N(N=Cc2ccc(OS(=O)(=O)c3ccc(C)c([N+](=O)[O-])c3)c(OC)c2)C1=O. The summed E-state index contributed by atoms with van der Waals surface area (Å²) in [7, 11) is -3.12. The van der Waals surface area contributed by atoms with Crippen molar-refractivity contribution >= 4 is 34.0 Å². The number of ether oxygens (including phenoxy) is 1. The summed E-state index contributed by atoms with van der Waals surface area (Å²) >= 11 is 0. The Morgan fingerprint density at radius 3 is 2.50 bits per heavy atom. The van der Waals surface area contributed by atoms with Gasteiger partial charge in [-0.25, -0.2) is 4.79 Å². The fraction of sp³-hybridized carbons (Fsp3) is 0.286. The quantitative estimate of drug-likeness (QED) is 0.194. The number of imide groups is 1. The van der Waals surface area contributed by atoms with Gasteiger partial charge in [0.25, 0.3) is 11.6 Å². The van der Waals surface area contributed by atoms with Crippen LogP contribution in [0.1, 0.15) is 31.4 Å². The van der Waals surface area contributed by atoms with E-state index in [0.29, 0.717) is 17.5 Å². The molecule has 2 aromatic carbocycles. The molecule has 3 rings (SSSR count). The Bertz CT molecular complexity index is 1310. The van der Waals surface area contributed by atoms with Gasteiger partial charge >= 0.3 is 16.1 Å². The summed E-state index contributed by atoms with van der Waals surface area (Å²) in [6.07, 6.45) is 1.63. The number of nitrogens with zero attached hydrogens (tertiary/aromatic N) is 3. The Hall–Kier alpha value is -4.00. The van der Waals surface area contributed by atoms with Crippen LogP contribution in [0.4, 0.5) is 10.5 Å². The number of hydrazone groups is 1. The highest BCUT2D eigenvalue weighted by Gasteiger charge is 2.46. The van der Waals surface area contributed by atoms with E-state index in [2.05, 4.69) is 10.4 Å². The molecule has 1 heterocycles. The number of aryl methyl sites for hydroxylation is 1. The molecule has 1 saturated heterocycles. The van der Waals surface area contributed by atoms with E-state index in [-0.39, 0.29) is 17.2 Å². The third kappa shape index (κ3) is 4.69. The van der Waals surface area contributed by atoms with Gasteiger partial charge in [-0.2, -0.15) is 13.5 Å². The van der Waals surface area contributed by atoms with E-state index in [0.717, 1.165) is 11.1 Å². The number of hydrogen-bond donors (Lipinski definition) is 1. The molecule has 1 atom stereocenters. The van der Waals surface area contributed by atoms with Crippen LogP contribution in [0.15, 0.2) is 46.4 Å². The minimum atomic E-state index is -4.41. The molecule has 1 unspecified atom stereocenters. The molecule has 13 heteroatoms. The Labute approximate surface area is 195 Å². The Morgan fingerprint density at radius 2 is 1.91 bits per heavy atom. The fourth-order valence-corrected chi connectivity index (χ4v) is 4.04. The molecule has 1 fully saturated rings. The third-order valence-corrected chi connectivity index (χ3v) is 6.55. The molecule has 0 aliphatic carbocycles. The maximum atomic E-state index is 12.7. The van der Waals surface area contributed by atoms with Gasteiger partial charge in [0.05, 0.1) is 18.2 Å². The fourth-order valence-electron chi connectivity index (χ4n) is 3.08. The number of urea groups is 1. The number of rotatable bonds is 8. The molecule has 12 nitrogen and oxygen atoms in total. The van der Waals surface area contributed by atoms with Crippen molar-refractivity contribution in [2.75, 3.05) is 7.11 Å². The van der Waals surface area contributed by atoms with Crippen LogP contribution in [0.25, 0.3) is 0 Å². The second kappa shape index (κ2) is 9.09. The molecule has 180 valence electrons. The Morgan fingerprint density at radius 1 is 1.21 bits per heavy atom. The second-order valence-corrected chi connectivity index (χ2v) is 9.18. The normalized spacial score (nSPS) is 18.3. The van der Waals surface area contributed by atoms with Crippen LogP contribution in [0, 0.1) is 17.0 Å². The number of hydrogen-bond acceptors (Lipinski definition) is 9. The number of nitro benzene ring substituents is 1. The molecule has 0 bridgehead atoms. The van der Waals surface area contributed by atoms with Crippen molar-refractivity contribution in [1.82, 2.24) is 10.3 Å². The number of benzene rings is 2. The number of carbonyl (C=O) groups is 2. The lowest BCUT2D eigenvalue weighted by molar-refractivity contribution is -0.385. The molecular weight excluding hydrogens is 468 g/mol. The summed E-state index contributed by atoms with van der Waals surface area (Å²) in [5.74, 6) is -0.650. The monoisotopic (exact) mass is 490 g/mol. The first-order chi connectivity index (χ1) is 15.9. The van der Waals surface area contributed by atoms with Crippen molar-refractivity contribution in [2.24, 2.45) is 5.10 Å². The molecule has 0 saturated carbocycles. The first kappa shape index (κ1) is 24.6. The van der Waals surface area contributed by atoms with Gasteiger partial charge in [-0.1, -0.05) is 13.0 Å². The minimum absolute atomic E-state index is 0.0183. The molecule has 3 amide bonds. The number of methoxy groups -OCH3 is 1. The molecule has 0 aromatic heterocycles. The number of amides is 3. The lowest BCUT2D eigenvalue weighted by Gasteiger charge is -2.17. The smallest absolute Gasteiger partial charge is 0.346 e. The van der Waals surface area contributed by atoms with Gasteiger partial charge in [0.15, 0.2) is 11.5 Å². The predicted molar refractivity (Wildman–Crippen MR) is 120 cm³/mol. The van der Waals surface area contributed by atoms with Crippen LogP contribution in [-0.4, -0.2) is 49.2 Å². The van der Waals surface area contributed by atoms with Crippen molar-refractivity contribution in [3.8, 4) is 11.5 Å². The molecule has 1 aliphatic heterocycles. The predicted octanol–water partition coefficient (Wildman–Crippen LogP) is 2.73. The van der Waals surface area contributed by atoms with Gasteiger partial charge in [-0.05, 0) is 50.1 Å². The van der Waals surface area contributed by atoms with Gasteiger partial charge in [0, 0.05) is 11.6 Å². The molecule has 1 aliphatic rings. The van der Waals surface area contributed by atoms with E-state index < -0.39 is 37.4 Å². The number of nitro groups is 1. The van der Waals surface area contributed by atoms with Gasteiger partial charge < -0.3 is 14.2 Å². The van der Waals surface area contributed by atoms with Gasteiger partial charge in [-0.15, -0.1) is 5.01 Å². The average Bonchev–Trinajstić information content (AvgIpc) is 3.01. The lowest BCUT2D eigenvalue weighted by atomic mass is 10.00. The number of nitrogens with one attached hydrogen (secondary N) is 1. The maximum absolute atomic E-state index is 12.7. The summed E-state index contributed by atoms with van der Waals surface area (Å²) in [5, 5.41) is 18.4. The second-order valence-electron chi connectivity index (χ2n) is 7.63. The third-order valence-electron chi connectivity index (χ3n) is 5.32. The van der Waals surface area contributed by atoms with Crippen molar-refractivity contribution < 1.29 is 31.9 Å². The molecule has 34 heavy (non-hydrogen) atoms. The topological polar surface area (TPSA) is 158 Å². The van der Waals surface area contributed by atoms with E-state index in [9.17, 15) is 28.1 Å². The zero-order chi connectivity index (χ0) is 25.3. The van der Waals surface area contributed by atoms with Crippen molar-refractivity contribution in [3.63, 3.8) is 0 Å². The molecule has 0 spiro atoms. The largest absolute Gasteiger partial charge is 0.493 e. The van der Waals surface area contributed by atoms with Gasteiger partial charge in [-0.3, -0.25) is 14.9 Å². The van der Waals surface area contributed by atoms with Crippen LogP contribution in [0.3, 0.4) is 0 Å². The highest BCUT2D eigenvalue weighted by Crippen LogP contribution is 2.32. The van der Waals surface area contributed by atoms with E-state index in [1.165, 1.54) is 50.6 Å². The zero-order valence-electron chi connectivity index (χ0n) is 18.8. The van der Waals surface area contributed by atoms with Crippen LogP contribution in [-0.2, 0) is 14.9 Å². The minimum Gasteiger partial charge on any atom is -0.493 e. The van der Waals surface area contributed by atoms with Crippen molar-refractivity contribution in [3.05, 3.63) is 57.6 Å². The Balaban J connectivity index is 1.85. The summed E-state index contributed by atoms with van der Waals surface area (Å²) in [6.45, 7) is 4.85. The maximum Gasteiger partial charge on any atom is 0.346 e. The summed E-state index contributed by atoms with van der Waals surface area (Å²) < 4.78 is 35.7. The molecule has 0 radical (unpaired) electrons. The number of carbonyl (C=O) groups excluding carboxylic acids is 2. The van der Waals surface area contributed by atoms with Crippen LogP contribution >= 0.6 is 0 Å². The van der Waals surface area contributed by atoms with E-state index >= 15 is 0 Å². The van der Waals surface area contributed by atoms with Gasteiger partial charge in [0.1, 0.15) is 10.4 Å². The summed E-state index contributed by atoms with van der Waals surface area (Å²) in [4.78, 5) is 34.5. The summed E-state index contributed by atoms with van der Waals surface area (Å²) in [6, 6.07) is 6.89. The highest BCUT2D eigenvalue weighted by molar-refractivity contribution is 7.87. The van der Waals surface area contributed by atoms with Crippen LogP contribution in [0.5, 0.6) is 11.5 Å². The van der Waals surface area contributed by atoms with Crippen molar-refractivity contribution in [2.45, 2.75) is 37.6 Å². The molecular formula is C21H22N4O8S. The first-order valence-corrected chi connectivity index (χ1v) is 11.4. The molecule has 1 N–H and O–H groups in total. The van der Waals surface area contributed by atoms with Crippen LogP contribution in [0.2, 0.25) is 0 Å². The van der Waals surface area contributed by atoms with E-state index in [1.54, 1.807) is 13.8 Å².